The van der Waals surface area contributed by atoms with Gasteiger partial charge in [0.25, 0.3) is 5.91 Å². The van der Waals surface area contributed by atoms with Crippen molar-refractivity contribution in [3.05, 3.63) is 57.0 Å². The second kappa shape index (κ2) is 7.61. The molecule has 0 aliphatic heterocycles. The van der Waals surface area contributed by atoms with Gasteiger partial charge in [-0.1, -0.05) is 15.9 Å². The van der Waals surface area contributed by atoms with E-state index in [1.165, 1.54) is 24.3 Å². The van der Waals surface area contributed by atoms with Crippen LogP contribution in [0.2, 0.25) is 0 Å². The van der Waals surface area contributed by atoms with E-state index in [1.807, 2.05) is 12.1 Å². The molecule has 23 heavy (non-hydrogen) atoms. The molecule has 0 aromatic heterocycles. The van der Waals surface area contributed by atoms with E-state index in [0.29, 0.717) is 11.4 Å². The molecule has 2 rings (SSSR count). The summed E-state index contributed by atoms with van der Waals surface area (Å²) in [6, 6.07) is 11.3. The Hall–Kier alpha value is -1.86. The summed E-state index contributed by atoms with van der Waals surface area (Å²) in [6.07, 6.45) is -0.716. The van der Waals surface area contributed by atoms with Gasteiger partial charge in [0.2, 0.25) is 0 Å². The van der Waals surface area contributed by atoms with Crippen molar-refractivity contribution in [1.29, 1.82) is 0 Å². The first-order chi connectivity index (χ1) is 10.9. The molecule has 0 spiro atoms. The van der Waals surface area contributed by atoms with Crippen LogP contribution in [0.25, 0.3) is 0 Å². The number of ether oxygens (including phenoxy) is 1. The van der Waals surface area contributed by atoms with E-state index in [-0.39, 0.29) is 11.5 Å². The quantitative estimate of drug-likeness (QED) is 0.723. The molecule has 1 amide bonds. The van der Waals surface area contributed by atoms with E-state index in [0.717, 1.165) is 8.95 Å². The van der Waals surface area contributed by atoms with Gasteiger partial charge in [0, 0.05) is 10.2 Å². The molecule has 2 aromatic rings. The minimum absolute atomic E-state index is 0.158. The number of anilines is 1. The lowest BCUT2D eigenvalue weighted by atomic mass is 10.2. The number of carboxylic acids is 1. The van der Waals surface area contributed by atoms with Crippen molar-refractivity contribution >= 4 is 49.4 Å². The molecule has 0 aliphatic carbocycles. The van der Waals surface area contributed by atoms with Crippen LogP contribution >= 0.6 is 31.9 Å². The summed E-state index contributed by atoms with van der Waals surface area (Å²) in [6.45, 7) is 1.63. The van der Waals surface area contributed by atoms with Crippen LogP contribution in [0.3, 0.4) is 0 Å². The fourth-order valence-corrected chi connectivity index (χ4v) is 2.90. The molecule has 1 unspecified atom stereocenters. The minimum Gasteiger partial charge on any atom is -0.480 e. The third-order valence-corrected chi connectivity index (χ3v) is 4.08. The summed E-state index contributed by atoms with van der Waals surface area (Å²) >= 11 is 6.72. The molecule has 1 atom stereocenters. The van der Waals surface area contributed by atoms with E-state index >= 15 is 0 Å². The lowest BCUT2D eigenvalue weighted by Gasteiger charge is -2.16. The maximum absolute atomic E-state index is 12.1. The molecule has 0 saturated carbocycles. The van der Waals surface area contributed by atoms with Gasteiger partial charge in [0.05, 0.1) is 10.0 Å². The zero-order chi connectivity index (χ0) is 17.0. The summed E-state index contributed by atoms with van der Waals surface area (Å²) in [4.78, 5) is 22.9. The Bertz CT molecular complexity index is 731. The second-order valence-electron chi connectivity index (χ2n) is 4.71. The maximum atomic E-state index is 12.1. The highest BCUT2D eigenvalue weighted by Crippen LogP contribution is 2.29. The number of halogens is 2. The fourth-order valence-electron chi connectivity index (χ4n) is 1.75. The fraction of sp³-hybridized carbons (Fsp3) is 0.125. The highest BCUT2D eigenvalue weighted by Gasteiger charge is 2.16. The van der Waals surface area contributed by atoms with Gasteiger partial charge in [0.1, 0.15) is 5.75 Å². The molecule has 0 aliphatic rings. The van der Waals surface area contributed by atoms with Crippen LogP contribution in [-0.2, 0) is 4.79 Å². The standard InChI is InChI=1S/C16H13Br2NO4/c1-9(23-14-7-4-11(17)8-13(14)18)15(20)19-12-5-2-10(3-6-12)16(21)22/h2-9H,1H3,(H,19,20)(H,21,22). The molecule has 120 valence electrons. The summed E-state index contributed by atoms with van der Waals surface area (Å²) in [5, 5.41) is 11.5. The van der Waals surface area contributed by atoms with Gasteiger partial charge in [-0.05, 0) is 65.3 Å². The Morgan fingerprint density at radius 1 is 1.13 bits per heavy atom. The van der Waals surface area contributed by atoms with E-state index < -0.39 is 12.1 Å². The first kappa shape index (κ1) is 17.5. The van der Waals surface area contributed by atoms with E-state index in [1.54, 1.807) is 13.0 Å². The van der Waals surface area contributed by atoms with Crippen molar-refractivity contribution in [3.8, 4) is 5.75 Å². The van der Waals surface area contributed by atoms with Gasteiger partial charge in [-0.15, -0.1) is 0 Å². The molecular weight excluding hydrogens is 430 g/mol. The molecule has 0 heterocycles. The highest BCUT2D eigenvalue weighted by atomic mass is 79.9. The molecular formula is C16H13Br2NO4. The van der Waals surface area contributed by atoms with Crippen LogP contribution in [0, 0.1) is 0 Å². The Morgan fingerprint density at radius 2 is 1.78 bits per heavy atom. The summed E-state index contributed by atoms with van der Waals surface area (Å²) in [5.74, 6) is -0.792. The van der Waals surface area contributed by atoms with Crippen LogP contribution in [0.15, 0.2) is 51.4 Å². The van der Waals surface area contributed by atoms with Gasteiger partial charge >= 0.3 is 5.97 Å². The Balaban J connectivity index is 2.00. The van der Waals surface area contributed by atoms with Crippen molar-refractivity contribution in [2.45, 2.75) is 13.0 Å². The molecule has 0 saturated heterocycles. The van der Waals surface area contributed by atoms with E-state index in [4.69, 9.17) is 9.84 Å². The average molecular weight is 443 g/mol. The first-order valence-corrected chi connectivity index (χ1v) is 8.21. The predicted molar refractivity (Wildman–Crippen MR) is 94.0 cm³/mol. The number of carbonyl (C=O) groups excluding carboxylic acids is 1. The zero-order valence-electron chi connectivity index (χ0n) is 12.0. The zero-order valence-corrected chi connectivity index (χ0v) is 15.2. The predicted octanol–water partition coefficient (Wildman–Crippen LogP) is 4.32. The van der Waals surface area contributed by atoms with Crippen molar-refractivity contribution < 1.29 is 19.4 Å². The molecule has 2 aromatic carbocycles. The lowest BCUT2D eigenvalue weighted by Crippen LogP contribution is -2.30. The van der Waals surface area contributed by atoms with Crippen LogP contribution in [-0.4, -0.2) is 23.1 Å². The van der Waals surface area contributed by atoms with Gasteiger partial charge in [-0.25, -0.2) is 4.79 Å². The number of hydrogen-bond acceptors (Lipinski definition) is 3. The molecule has 5 nitrogen and oxygen atoms in total. The molecule has 0 fully saturated rings. The highest BCUT2D eigenvalue weighted by molar-refractivity contribution is 9.11. The van der Waals surface area contributed by atoms with Crippen molar-refractivity contribution in [2.75, 3.05) is 5.32 Å². The number of hydrogen-bond donors (Lipinski definition) is 2. The average Bonchev–Trinajstić information content (AvgIpc) is 2.50. The van der Waals surface area contributed by atoms with Crippen molar-refractivity contribution in [3.63, 3.8) is 0 Å². The third kappa shape index (κ3) is 4.80. The van der Waals surface area contributed by atoms with Crippen LogP contribution < -0.4 is 10.1 Å². The number of nitrogens with one attached hydrogen (secondary N) is 1. The normalized spacial score (nSPS) is 11.6. The van der Waals surface area contributed by atoms with E-state index in [9.17, 15) is 9.59 Å². The number of amides is 1. The van der Waals surface area contributed by atoms with Gasteiger partial charge in [-0.2, -0.15) is 0 Å². The van der Waals surface area contributed by atoms with E-state index in [2.05, 4.69) is 37.2 Å². The maximum Gasteiger partial charge on any atom is 0.335 e. The molecule has 0 radical (unpaired) electrons. The Labute approximate surface area is 149 Å². The SMILES string of the molecule is CC(Oc1ccc(Br)cc1Br)C(=O)Nc1ccc(C(=O)O)cc1. The van der Waals surface area contributed by atoms with Crippen molar-refractivity contribution in [2.24, 2.45) is 0 Å². The summed E-state index contributed by atoms with van der Waals surface area (Å²) < 4.78 is 7.25. The van der Waals surface area contributed by atoms with Crippen molar-refractivity contribution in [1.82, 2.24) is 0 Å². The number of aromatic carboxylic acids is 1. The Morgan fingerprint density at radius 3 is 2.35 bits per heavy atom. The minimum atomic E-state index is -1.01. The third-order valence-electron chi connectivity index (χ3n) is 2.97. The Kier molecular flexibility index (Phi) is 5.79. The molecule has 7 heteroatoms. The summed E-state index contributed by atoms with van der Waals surface area (Å²) in [5.41, 5.74) is 0.663. The summed E-state index contributed by atoms with van der Waals surface area (Å²) in [7, 11) is 0. The monoisotopic (exact) mass is 441 g/mol. The largest absolute Gasteiger partial charge is 0.480 e. The number of benzene rings is 2. The first-order valence-electron chi connectivity index (χ1n) is 6.63. The number of carboxylic acid groups (broad SMARTS) is 1. The lowest BCUT2D eigenvalue weighted by molar-refractivity contribution is -0.122. The molecule has 0 bridgehead atoms. The second-order valence-corrected chi connectivity index (χ2v) is 6.48. The van der Waals surface area contributed by atoms with Gasteiger partial charge in [-0.3, -0.25) is 4.79 Å². The number of rotatable bonds is 5. The van der Waals surface area contributed by atoms with Crippen LogP contribution in [0.4, 0.5) is 5.69 Å². The number of carbonyl (C=O) groups is 2. The van der Waals surface area contributed by atoms with Crippen LogP contribution in [0.1, 0.15) is 17.3 Å². The molecule has 2 N–H and O–H groups in total. The van der Waals surface area contributed by atoms with Gasteiger partial charge < -0.3 is 15.2 Å². The van der Waals surface area contributed by atoms with Crippen LogP contribution in [0.5, 0.6) is 5.75 Å². The smallest absolute Gasteiger partial charge is 0.335 e. The van der Waals surface area contributed by atoms with Gasteiger partial charge in [0.15, 0.2) is 6.10 Å². The topological polar surface area (TPSA) is 75.6 Å².